The zero-order valence-electron chi connectivity index (χ0n) is 7.89. The van der Waals surface area contributed by atoms with E-state index in [0.29, 0.717) is 0 Å². The third kappa shape index (κ3) is 4.47. The number of carbonyl (C=O) groups excluding carboxylic acids is 1. The number of halogens is 6. The van der Waals surface area contributed by atoms with Crippen LogP contribution in [0.1, 0.15) is 15.9 Å². The van der Waals surface area contributed by atoms with Gasteiger partial charge in [-0.1, -0.05) is 34.8 Å². The Bertz CT molecular complexity index is 431. The Morgan fingerprint density at radius 3 is 2.35 bits per heavy atom. The predicted octanol–water partition coefficient (Wildman–Crippen LogP) is 4.55. The van der Waals surface area contributed by atoms with Gasteiger partial charge in [0.05, 0.1) is 5.56 Å². The Kier molecular flexibility index (Phi) is 4.84. The number of ether oxygens (including phenoxy) is 1. The van der Waals surface area contributed by atoms with Crippen molar-refractivity contribution in [1.82, 2.24) is 0 Å². The van der Waals surface area contributed by atoms with E-state index in [1.54, 1.807) is 0 Å². The Hall–Kier alpha value is -0.290. The summed E-state index contributed by atoms with van der Waals surface area (Å²) in [6, 6.07) is 2.91. The lowest BCUT2D eigenvalue weighted by atomic mass is 10.1. The van der Waals surface area contributed by atoms with Crippen molar-refractivity contribution in [3.63, 3.8) is 0 Å². The Labute approximate surface area is 115 Å². The number of hydrogen-bond donors (Lipinski definition) is 0. The fraction of sp³-hybridized carbons (Fsp3) is 0.222. The number of esters is 1. The molecule has 0 heterocycles. The summed E-state index contributed by atoms with van der Waals surface area (Å²) < 4.78 is 30.1. The molecule has 94 valence electrons. The van der Waals surface area contributed by atoms with Crippen molar-refractivity contribution in [2.45, 2.75) is 10.4 Å². The summed E-state index contributed by atoms with van der Waals surface area (Å²) >= 11 is 20.8. The molecule has 0 amide bonds. The van der Waals surface area contributed by atoms with E-state index in [4.69, 9.17) is 46.4 Å². The Morgan fingerprint density at radius 2 is 1.88 bits per heavy atom. The molecule has 0 saturated heterocycles. The maximum absolute atomic E-state index is 12.8. The number of alkyl halides is 5. The molecule has 0 radical (unpaired) electrons. The maximum Gasteiger partial charge on any atom is 0.348 e. The summed E-state index contributed by atoms with van der Waals surface area (Å²) in [5, 5.41) is -5.13. The van der Waals surface area contributed by atoms with Crippen molar-refractivity contribution < 1.29 is 18.3 Å². The lowest BCUT2D eigenvalue weighted by molar-refractivity contribution is 0.0535. The van der Waals surface area contributed by atoms with E-state index in [1.165, 1.54) is 0 Å². The molecule has 0 aliphatic heterocycles. The summed E-state index contributed by atoms with van der Waals surface area (Å²) in [5.41, 5.74) is -0.849. The zero-order chi connectivity index (χ0) is 13.2. The van der Waals surface area contributed by atoms with Crippen LogP contribution in [0.3, 0.4) is 0 Å². The van der Waals surface area contributed by atoms with Gasteiger partial charge in [0.25, 0.3) is 5.02 Å². The first-order valence-electron chi connectivity index (χ1n) is 4.07. The van der Waals surface area contributed by atoms with E-state index in [2.05, 4.69) is 4.74 Å². The molecule has 8 heteroatoms. The topological polar surface area (TPSA) is 26.3 Å². The predicted molar refractivity (Wildman–Crippen MR) is 62.1 cm³/mol. The standard InChI is InChI=1S/C9H4Cl4F2O2/c10-6-2-4(7(16)17-8(11)12)1-5(3-6)9(13,14)15/h1-3,8H. The average Bonchev–Trinajstić information content (AvgIpc) is 2.14. The van der Waals surface area contributed by atoms with Crippen LogP contribution in [0.15, 0.2) is 18.2 Å². The van der Waals surface area contributed by atoms with Crippen molar-refractivity contribution in [3.8, 4) is 0 Å². The van der Waals surface area contributed by atoms with E-state index >= 15 is 0 Å². The van der Waals surface area contributed by atoms with E-state index in [9.17, 15) is 13.6 Å². The molecule has 17 heavy (non-hydrogen) atoms. The van der Waals surface area contributed by atoms with Crippen LogP contribution in [0.4, 0.5) is 8.78 Å². The van der Waals surface area contributed by atoms with E-state index in [0.717, 1.165) is 18.2 Å². The molecule has 0 aliphatic carbocycles. The SMILES string of the molecule is O=C(OC(Cl)Cl)c1cc(Cl)cc(C(F)(F)Cl)c1. The van der Waals surface area contributed by atoms with Gasteiger partial charge in [-0.05, 0) is 29.8 Å². The highest BCUT2D eigenvalue weighted by Gasteiger charge is 2.29. The minimum Gasteiger partial charge on any atom is -0.428 e. The molecule has 1 rings (SSSR count). The maximum atomic E-state index is 12.8. The van der Waals surface area contributed by atoms with Crippen molar-refractivity contribution in [1.29, 1.82) is 0 Å². The van der Waals surface area contributed by atoms with Gasteiger partial charge in [-0.3, -0.25) is 0 Å². The third-order valence-electron chi connectivity index (χ3n) is 1.66. The second-order valence-electron chi connectivity index (χ2n) is 2.89. The second-order valence-corrected chi connectivity index (χ2v) is 4.82. The molecule has 2 nitrogen and oxygen atoms in total. The molecule has 1 aromatic carbocycles. The number of rotatable bonds is 3. The number of carbonyl (C=O) groups is 1. The first-order valence-corrected chi connectivity index (χ1v) is 5.70. The average molecular weight is 324 g/mol. The Balaban J connectivity index is 3.10. The lowest BCUT2D eigenvalue weighted by Gasteiger charge is -2.11. The van der Waals surface area contributed by atoms with Crippen LogP contribution in [0, 0.1) is 0 Å². The third-order valence-corrected chi connectivity index (χ3v) is 2.27. The molecule has 0 spiro atoms. The largest absolute Gasteiger partial charge is 0.428 e. The zero-order valence-corrected chi connectivity index (χ0v) is 10.9. The molecule has 0 aromatic heterocycles. The molecular weight excluding hydrogens is 320 g/mol. The van der Waals surface area contributed by atoms with Crippen LogP contribution in [-0.4, -0.2) is 11.0 Å². The monoisotopic (exact) mass is 322 g/mol. The van der Waals surface area contributed by atoms with Crippen molar-refractivity contribution >= 4 is 52.4 Å². The number of hydrogen-bond acceptors (Lipinski definition) is 2. The first-order chi connectivity index (χ1) is 7.70. The lowest BCUT2D eigenvalue weighted by Crippen LogP contribution is -2.11. The van der Waals surface area contributed by atoms with E-state index < -0.39 is 21.9 Å². The van der Waals surface area contributed by atoms with Gasteiger partial charge in [0.15, 0.2) is 0 Å². The first kappa shape index (κ1) is 14.8. The van der Waals surface area contributed by atoms with E-state index in [1.807, 2.05) is 0 Å². The molecule has 0 fully saturated rings. The fourth-order valence-corrected chi connectivity index (χ4v) is 1.53. The smallest absolute Gasteiger partial charge is 0.348 e. The van der Waals surface area contributed by atoms with Crippen molar-refractivity contribution in [2.75, 3.05) is 0 Å². The summed E-state index contributed by atoms with van der Waals surface area (Å²) in [5.74, 6) is -0.982. The highest BCUT2D eigenvalue weighted by molar-refractivity contribution is 6.43. The van der Waals surface area contributed by atoms with Crippen molar-refractivity contribution in [2.24, 2.45) is 0 Å². The van der Waals surface area contributed by atoms with Gasteiger partial charge in [-0.25, -0.2) is 4.79 Å². The van der Waals surface area contributed by atoms with Crippen LogP contribution >= 0.6 is 46.4 Å². The summed E-state index contributed by atoms with van der Waals surface area (Å²) in [6.45, 7) is 0. The molecule has 0 N–H and O–H groups in total. The fourth-order valence-electron chi connectivity index (χ4n) is 1.02. The van der Waals surface area contributed by atoms with Gasteiger partial charge >= 0.3 is 11.4 Å². The summed E-state index contributed by atoms with van der Waals surface area (Å²) in [6.07, 6.45) is 0. The van der Waals surface area contributed by atoms with Crippen LogP contribution in [0.5, 0.6) is 0 Å². The molecule has 0 aliphatic rings. The minimum atomic E-state index is -3.64. The molecule has 1 aromatic rings. The quantitative estimate of drug-likeness (QED) is 0.602. The molecule has 0 unspecified atom stereocenters. The second kappa shape index (κ2) is 5.57. The highest BCUT2D eigenvalue weighted by atomic mass is 35.5. The molecule has 0 bridgehead atoms. The summed E-state index contributed by atoms with van der Waals surface area (Å²) in [4.78, 5) is 11.3. The van der Waals surface area contributed by atoms with Gasteiger partial charge in [0.1, 0.15) is 0 Å². The van der Waals surface area contributed by atoms with E-state index in [-0.39, 0.29) is 10.6 Å². The number of benzene rings is 1. The van der Waals surface area contributed by atoms with Gasteiger partial charge in [-0.15, -0.1) is 0 Å². The molecule has 0 atom stereocenters. The van der Waals surface area contributed by atoms with Gasteiger partial charge in [0.2, 0.25) is 0 Å². The van der Waals surface area contributed by atoms with Crippen LogP contribution < -0.4 is 0 Å². The summed E-state index contributed by atoms with van der Waals surface area (Å²) in [7, 11) is 0. The van der Waals surface area contributed by atoms with Crippen LogP contribution in [-0.2, 0) is 10.1 Å². The van der Waals surface area contributed by atoms with Crippen LogP contribution in [0.2, 0.25) is 5.02 Å². The van der Waals surface area contributed by atoms with Gasteiger partial charge in [0, 0.05) is 10.6 Å². The molecular formula is C9H4Cl4F2O2. The highest BCUT2D eigenvalue weighted by Crippen LogP contribution is 2.34. The normalized spacial score (nSPS) is 11.7. The van der Waals surface area contributed by atoms with Gasteiger partial charge < -0.3 is 4.74 Å². The molecule has 0 saturated carbocycles. The minimum absolute atomic E-state index is 0.0875. The van der Waals surface area contributed by atoms with Crippen LogP contribution in [0.25, 0.3) is 0 Å². The van der Waals surface area contributed by atoms with Crippen molar-refractivity contribution in [3.05, 3.63) is 34.3 Å². The Morgan fingerprint density at radius 1 is 1.29 bits per heavy atom. The van der Waals surface area contributed by atoms with Gasteiger partial charge in [-0.2, -0.15) is 8.78 Å².